The SMILES string of the molecule is Cc1ccc(C(=O)OC[C@H]2O[C@H](Oc3cccc(C)c3)C[C@@H]2OC(=O)c2ccc(C)cc2)cc1. The number of carbonyl (C=O) groups excluding carboxylic acids is 2. The van der Waals surface area contributed by atoms with Crippen LogP contribution in [0.25, 0.3) is 0 Å². The standard InChI is InChI=1S/C28H28O6/c1-18-7-11-21(12-8-18)27(29)31-17-25-24(34-28(30)22-13-9-19(2)10-14-22)16-26(33-25)32-23-6-4-5-20(3)15-23/h4-15,24-26H,16-17H2,1-3H3/t24-,25+,26-/m0/s1. The van der Waals surface area contributed by atoms with Crippen molar-refractivity contribution in [3.63, 3.8) is 0 Å². The van der Waals surface area contributed by atoms with Crippen molar-refractivity contribution in [2.75, 3.05) is 6.61 Å². The molecule has 0 N–H and O–H groups in total. The van der Waals surface area contributed by atoms with Crippen molar-refractivity contribution in [3.8, 4) is 5.75 Å². The molecule has 0 amide bonds. The summed E-state index contributed by atoms with van der Waals surface area (Å²) in [6.45, 7) is 5.81. The fraction of sp³-hybridized carbons (Fsp3) is 0.286. The molecule has 1 saturated heterocycles. The monoisotopic (exact) mass is 460 g/mol. The second-order valence-corrected chi connectivity index (χ2v) is 8.55. The van der Waals surface area contributed by atoms with Crippen LogP contribution < -0.4 is 4.74 Å². The fourth-order valence-electron chi connectivity index (χ4n) is 3.69. The smallest absolute Gasteiger partial charge is 0.338 e. The molecule has 6 heteroatoms. The summed E-state index contributed by atoms with van der Waals surface area (Å²) in [5.74, 6) is -0.263. The van der Waals surface area contributed by atoms with E-state index in [-0.39, 0.29) is 6.61 Å². The Labute approximate surface area is 199 Å². The molecule has 34 heavy (non-hydrogen) atoms. The Balaban J connectivity index is 1.44. The molecule has 1 heterocycles. The van der Waals surface area contributed by atoms with Gasteiger partial charge in [0.2, 0.25) is 6.29 Å². The van der Waals surface area contributed by atoms with Gasteiger partial charge >= 0.3 is 11.9 Å². The van der Waals surface area contributed by atoms with Crippen LogP contribution in [0.15, 0.2) is 72.8 Å². The molecule has 3 aromatic carbocycles. The average molecular weight is 461 g/mol. The third kappa shape index (κ3) is 6.02. The number of hydrogen-bond acceptors (Lipinski definition) is 6. The lowest BCUT2D eigenvalue weighted by atomic mass is 10.1. The van der Waals surface area contributed by atoms with E-state index in [1.54, 1.807) is 24.3 Å². The molecule has 0 unspecified atom stereocenters. The molecule has 0 spiro atoms. The summed E-state index contributed by atoms with van der Waals surface area (Å²) in [6, 6.07) is 21.9. The normalized spacial score (nSPS) is 19.4. The zero-order chi connectivity index (χ0) is 24.1. The molecule has 3 atom stereocenters. The molecule has 1 aliphatic rings. The molecule has 176 valence electrons. The lowest BCUT2D eigenvalue weighted by Gasteiger charge is -2.19. The molecule has 4 rings (SSSR count). The number of esters is 2. The van der Waals surface area contributed by atoms with Crippen molar-refractivity contribution in [3.05, 3.63) is 101 Å². The Morgan fingerprint density at radius 2 is 1.44 bits per heavy atom. The van der Waals surface area contributed by atoms with E-state index in [2.05, 4.69) is 0 Å². The van der Waals surface area contributed by atoms with Gasteiger partial charge in [0.1, 0.15) is 24.6 Å². The molecule has 0 bridgehead atoms. The highest BCUT2D eigenvalue weighted by Crippen LogP contribution is 2.28. The Morgan fingerprint density at radius 1 is 0.824 bits per heavy atom. The minimum Gasteiger partial charge on any atom is -0.465 e. The van der Waals surface area contributed by atoms with Crippen molar-refractivity contribution in [2.24, 2.45) is 0 Å². The van der Waals surface area contributed by atoms with Crippen LogP contribution in [0.1, 0.15) is 43.8 Å². The number of carbonyl (C=O) groups is 2. The van der Waals surface area contributed by atoms with E-state index < -0.39 is 30.4 Å². The predicted octanol–water partition coefficient (Wildman–Crippen LogP) is 5.19. The molecule has 3 aromatic rings. The van der Waals surface area contributed by atoms with Gasteiger partial charge in [0.25, 0.3) is 0 Å². The van der Waals surface area contributed by atoms with E-state index in [1.807, 2.05) is 69.3 Å². The first-order chi connectivity index (χ1) is 16.4. The van der Waals surface area contributed by atoms with Crippen LogP contribution in [0.3, 0.4) is 0 Å². The Bertz CT molecular complexity index is 1140. The summed E-state index contributed by atoms with van der Waals surface area (Å²) in [5.41, 5.74) is 4.05. The first kappa shape index (κ1) is 23.5. The highest BCUT2D eigenvalue weighted by Gasteiger charge is 2.40. The summed E-state index contributed by atoms with van der Waals surface area (Å²) in [4.78, 5) is 25.2. The molecular weight excluding hydrogens is 432 g/mol. The van der Waals surface area contributed by atoms with Gasteiger partial charge in [-0.05, 0) is 62.7 Å². The van der Waals surface area contributed by atoms with Crippen molar-refractivity contribution >= 4 is 11.9 Å². The van der Waals surface area contributed by atoms with Gasteiger partial charge in [-0.3, -0.25) is 0 Å². The number of rotatable bonds is 7. The van der Waals surface area contributed by atoms with E-state index in [4.69, 9.17) is 18.9 Å². The van der Waals surface area contributed by atoms with Crippen LogP contribution in [-0.4, -0.2) is 37.0 Å². The van der Waals surface area contributed by atoms with Crippen LogP contribution in [0.4, 0.5) is 0 Å². The zero-order valence-corrected chi connectivity index (χ0v) is 19.5. The van der Waals surface area contributed by atoms with Crippen LogP contribution in [0, 0.1) is 20.8 Å². The molecule has 6 nitrogen and oxygen atoms in total. The highest BCUT2D eigenvalue weighted by atomic mass is 16.7. The number of aryl methyl sites for hydroxylation is 3. The predicted molar refractivity (Wildman–Crippen MR) is 127 cm³/mol. The van der Waals surface area contributed by atoms with Crippen LogP contribution in [-0.2, 0) is 14.2 Å². The van der Waals surface area contributed by atoms with Gasteiger partial charge in [-0.2, -0.15) is 0 Å². The second kappa shape index (κ2) is 10.5. The fourth-order valence-corrected chi connectivity index (χ4v) is 3.69. The quantitative estimate of drug-likeness (QED) is 0.452. The molecule has 0 aromatic heterocycles. The topological polar surface area (TPSA) is 71.1 Å². The molecule has 0 aliphatic carbocycles. The minimum atomic E-state index is -0.654. The largest absolute Gasteiger partial charge is 0.465 e. The summed E-state index contributed by atoms with van der Waals surface area (Å²) < 4.78 is 23.2. The first-order valence-corrected chi connectivity index (χ1v) is 11.3. The third-order valence-electron chi connectivity index (χ3n) is 5.63. The highest BCUT2D eigenvalue weighted by molar-refractivity contribution is 5.90. The van der Waals surface area contributed by atoms with Crippen molar-refractivity contribution < 1.29 is 28.5 Å². The summed E-state index contributed by atoms with van der Waals surface area (Å²) in [5, 5.41) is 0. The van der Waals surface area contributed by atoms with Gasteiger partial charge < -0.3 is 18.9 Å². The Morgan fingerprint density at radius 3 is 2.06 bits per heavy atom. The van der Waals surface area contributed by atoms with E-state index in [9.17, 15) is 9.59 Å². The van der Waals surface area contributed by atoms with Crippen molar-refractivity contribution in [1.29, 1.82) is 0 Å². The van der Waals surface area contributed by atoms with Crippen LogP contribution in [0.2, 0.25) is 0 Å². The van der Waals surface area contributed by atoms with Gasteiger partial charge in [-0.25, -0.2) is 9.59 Å². The van der Waals surface area contributed by atoms with E-state index in [1.165, 1.54) is 0 Å². The molecule has 1 fully saturated rings. The Kier molecular flexibility index (Phi) is 7.28. The van der Waals surface area contributed by atoms with E-state index in [0.29, 0.717) is 23.3 Å². The van der Waals surface area contributed by atoms with Gasteiger partial charge in [0.15, 0.2) is 0 Å². The third-order valence-corrected chi connectivity index (χ3v) is 5.63. The van der Waals surface area contributed by atoms with Gasteiger partial charge in [0, 0.05) is 6.42 Å². The number of hydrogen-bond donors (Lipinski definition) is 0. The maximum absolute atomic E-state index is 12.7. The van der Waals surface area contributed by atoms with Gasteiger partial charge in [0.05, 0.1) is 11.1 Å². The van der Waals surface area contributed by atoms with Crippen molar-refractivity contribution in [2.45, 2.75) is 45.7 Å². The molecule has 1 aliphatic heterocycles. The summed E-state index contributed by atoms with van der Waals surface area (Å²) >= 11 is 0. The van der Waals surface area contributed by atoms with Gasteiger partial charge in [-0.1, -0.05) is 47.5 Å². The summed E-state index contributed by atoms with van der Waals surface area (Å²) in [6.07, 6.45) is -1.60. The summed E-state index contributed by atoms with van der Waals surface area (Å²) in [7, 11) is 0. The number of ether oxygens (including phenoxy) is 4. The van der Waals surface area contributed by atoms with Crippen molar-refractivity contribution in [1.82, 2.24) is 0 Å². The molecular formula is C28H28O6. The minimum absolute atomic E-state index is 0.0633. The zero-order valence-electron chi connectivity index (χ0n) is 19.5. The maximum atomic E-state index is 12.7. The molecule has 0 radical (unpaired) electrons. The van der Waals surface area contributed by atoms with E-state index in [0.717, 1.165) is 16.7 Å². The number of benzene rings is 3. The lowest BCUT2D eigenvalue weighted by molar-refractivity contribution is -0.0969. The lowest BCUT2D eigenvalue weighted by Crippen LogP contribution is -2.32. The molecule has 0 saturated carbocycles. The second-order valence-electron chi connectivity index (χ2n) is 8.55. The van der Waals surface area contributed by atoms with Crippen LogP contribution in [0.5, 0.6) is 5.75 Å². The first-order valence-electron chi connectivity index (χ1n) is 11.3. The maximum Gasteiger partial charge on any atom is 0.338 e. The average Bonchev–Trinajstić information content (AvgIpc) is 3.19. The van der Waals surface area contributed by atoms with Crippen LogP contribution >= 0.6 is 0 Å². The van der Waals surface area contributed by atoms with E-state index >= 15 is 0 Å². The Hall–Kier alpha value is -3.64. The van der Waals surface area contributed by atoms with Gasteiger partial charge in [-0.15, -0.1) is 0 Å².